The zero-order valence-electron chi connectivity index (χ0n) is 15.0. The quantitative estimate of drug-likeness (QED) is 0.617. The number of rotatable bonds is 6. The van der Waals surface area contributed by atoms with Gasteiger partial charge in [0.15, 0.2) is 17.5 Å². The summed E-state index contributed by atoms with van der Waals surface area (Å²) >= 11 is 12.1. The zero-order chi connectivity index (χ0) is 19.1. The Labute approximate surface area is 169 Å². The number of ether oxygens (including phenoxy) is 1. The molecule has 1 aromatic heterocycles. The summed E-state index contributed by atoms with van der Waals surface area (Å²) in [5.74, 6) is 0.776. The van der Waals surface area contributed by atoms with Crippen LogP contribution in [0.3, 0.4) is 0 Å². The molecule has 0 amide bonds. The minimum Gasteiger partial charge on any atom is -0.497 e. The second-order valence-corrected chi connectivity index (χ2v) is 6.82. The van der Waals surface area contributed by atoms with Gasteiger partial charge in [0.25, 0.3) is 0 Å². The van der Waals surface area contributed by atoms with Crippen molar-refractivity contribution in [3.05, 3.63) is 89.2 Å². The maximum absolute atomic E-state index is 6.36. The fourth-order valence-corrected chi connectivity index (χ4v) is 3.13. The van der Waals surface area contributed by atoms with Crippen molar-refractivity contribution in [2.75, 3.05) is 12.4 Å². The van der Waals surface area contributed by atoms with Crippen LogP contribution in [-0.2, 0) is 13.1 Å². The van der Waals surface area contributed by atoms with Crippen LogP contribution >= 0.6 is 23.8 Å². The Hall–Kier alpha value is -2.63. The summed E-state index contributed by atoms with van der Waals surface area (Å²) in [6.45, 7) is 1.25. The van der Waals surface area contributed by atoms with E-state index in [-0.39, 0.29) is 0 Å². The number of hydrogen-bond donors (Lipinski definition) is 1. The molecule has 0 saturated heterocycles. The molecule has 138 valence electrons. The Kier molecular flexibility index (Phi) is 6.63. The lowest BCUT2D eigenvalue weighted by Crippen LogP contribution is -2.34. The summed E-state index contributed by atoms with van der Waals surface area (Å²) in [4.78, 5) is 5.19. The first-order valence-electron chi connectivity index (χ1n) is 8.54. The fraction of sp³-hybridized carbons (Fsp3) is 0.143. The Bertz CT molecular complexity index is 905. The summed E-state index contributed by atoms with van der Waals surface area (Å²) in [6.07, 6.45) is 3.85. The molecule has 2 aromatic carbocycles. The molecule has 0 atom stereocenters. The molecule has 0 saturated carbocycles. The topological polar surface area (TPSA) is 38.6 Å². The van der Waals surface area contributed by atoms with E-state index in [1.165, 1.54) is 0 Å². The number of methoxy groups -OCH3 is 1. The van der Waals surface area contributed by atoms with E-state index in [2.05, 4.69) is 21.3 Å². The molecule has 0 radical (unpaired) electrons. The van der Waals surface area contributed by atoms with Gasteiger partial charge in [-0.1, -0.05) is 35.9 Å². The standard InChI is InChI=1S/C21H20ClN3OS/c1-26-19-9-4-8-18(12-19)24-21(27)25(14-16-6-5-11-23-13-16)15-17-7-2-3-10-20(17)22/h2-13H,14-15H2,1H3,(H,24,27)/p+1. The van der Waals surface area contributed by atoms with Crippen molar-refractivity contribution >= 4 is 34.6 Å². The van der Waals surface area contributed by atoms with E-state index < -0.39 is 0 Å². The number of hydrogen-bond acceptors (Lipinski definition) is 2. The second kappa shape index (κ2) is 9.35. The van der Waals surface area contributed by atoms with Gasteiger partial charge in [0.05, 0.1) is 13.7 Å². The van der Waals surface area contributed by atoms with Crippen molar-refractivity contribution in [1.82, 2.24) is 4.90 Å². The second-order valence-electron chi connectivity index (χ2n) is 6.02. The Balaban J connectivity index is 1.81. The molecule has 0 spiro atoms. The normalized spacial score (nSPS) is 10.3. The third-order valence-corrected chi connectivity index (χ3v) is 4.80. The van der Waals surface area contributed by atoms with E-state index in [1.807, 2.05) is 67.0 Å². The highest BCUT2D eigenvalue weighted by atomic mass is 35.5. The lowest BCUT2D eigenvalue weighted by Gasteiger charge is -2.26. The first-order valence-corrected chi connectivity index (χ1v) is 9.32. The Morgan fingerprint density at radius 1 is 1.11 bits per heavy atom. The number of aromatic amines is 1. The average molecular weight is 399 g/mol. The number of H-pyrrole nitrogens is 1. The van der Waals surface area contributed by atoms with Gasteiger partial charge in [-0.15, -0.1) is 0 Å². The maximum atomic E-state index is 6.36. The maximum Gasteiger partial charge on any atom is 0.174 e. The number of thiocarbonyl (C=S) groups is 1. The average Bonchev–Trinajstić information content (AvgIpc) is 2.70. The Morgan fingerprint density at radius 2 is 1.96 bits per heavy atom. The van der Waals surface area contributed by atoms with Gasteiger partial charge in [0.2, 0.25) is 0 Å². The first kappa shape index (κ1) is 19.1. The number of halogens is 1. The van der Waals surface area contributed by atoms with Gasteiger partial charge in [0.1, 0.15) is 5.75 Å². The summed E-state index contributed by atoms with van der Waals surface area (Å²) < 4.78 is 5.29. The van der Waals surface area contributed by atoms with Crippen LogP contribution in [0, 0.1) is 0 Å². The minimum atomic E-state index is 0.602. The first-order chi connectivity index (χ1) is 13.2. The van der Waals surface area contributed by atoms with E-state index in [9.17, 15) is 0 Å². The van der Waals surface area contributed by atoms with E-state index in [4.69, 9.17) is 28.6 Å². The van der Waals surface area contributed by atoms with E-state index in [0.717, 1.165) is 27.6 Å². The molecule has 0 aliphatic rings. The van der Waals surface area contributed by atoms with E-state index in [1.54, 1.807) is 7.11 Å². The Morgan fingerprint density at radius 3 is 2.70 bits per heavy atom. The molecule has 0 aliphatic carbocycles. The highest BCUT2D eigenvalue weighted by Crippen LogP contribution is 2.21. The fourth-order valence-electron chi connectivity index (χ4n) is 2.68. The molecular weight excluding hydrogens is 378 g/mol. The molecule has 27 heavy (non-hydrogen) atoms. The molecule has 1 heterocycles. The molecule has 0 bridgehead atoms. The van der Waals surface area contributed by atoms with Crippen molar-refractivity contribution in [2.24, 2.45) is 0 Å². The van der Waals surface area contributed by atoms with Crippen LogP contribution < -0.4 is 15.0 Å². The van der Waals surface area contributed by atoms with Crippen LogP contribution in [0.4, 0.5) is 5.69 Å². The number of pyridine rings is 1. The number of nitrogens with zero attached hydrogens (tertiary/aromatic N) is 1. The SMILES string of the molecule is COc1cccc(NC(=S)N(Cc2ccc[nH+]c2)Cc2ccccc2Cl)c1. The highest BCUT2D eigenvalue weighted by molar-refractivity contribution is 7.80. The molecule has 3 rings (SSSR count). The van der Waals surface area contributed by atoms with Crippen LogP contribution in [-0.4, -0.2) is 17.1 Å². The molecule has 3 aromatic rings. The van der Waals surface area contributed by atoms with Crippen molar-refractivity contribution in [1.29, 1.82) is 0 Å². The molecule has 0 aliphatic heterocycles. The molecule has 0 fully saturated rings. The third-order valence-electron chi connectivity index (χ3n) is 4.07. The predicted octanol–water partition coefficient (Wildman–Crippen LogP) is 4.56. The number of anilines is 1. The van der Waals surface area contributed by atoms with Gasteiger partial charge >= 0.3 is 0 Å². The summed E-state index contributed by atoms with van der Waals surface area (Å²) in [5.41, 5.74) is 3.02. The van der Waals surface area contributed by atoms with Crippen LogP contribution in [0.1, 0.15) is 11.1 Å². The van der Waals surface area contributed by atoms with Crippen molar-refractivity contribution in [3.8, 4) is 5.75 Å². The lowest BCUT2D eigenvalue weighted by molar-refractivity contribution is -0.378. The van der Waals surface area contributed by atoms with Gasteiger partial charge in [-0.3, -0.25) is 0 Å². The van der Waals surface area contributed by atoms with Gasteiger partial charge in [-0.05, 0) is 42.0 Å². The van der Waals surface area contributed by atoms with Crippen LogP contribution in [0.2, 0.25) is 5.02 Å². The summed E-state index contributed by atoms with van der Waals surface area (Å²) in [5, 5.41) is 4.65. The number of aromatic nitrogens is 1. The lowest BCUT2D eigenvalue weighted by atomic mass is 10.2. The number of benzene rings is 2. The summed E-state index contributed by atoms with van der Waals surface area (Å²) in [6, 6.07) is 19.5. The van der Waals surface area contributed by atoms with Crippen LogP contribution in [0.5, 0.6) is 5.75 Å². The minimum absolute atomic E-state index is 0.602. The van der Waals surface area contributed by atoms with Crippen molar-refractivity contribution < 1.29 is 9.72 Å². The smallest absolute Gasteiger partial charge is 0.174 e. The third kappa shape index (κ3) is 5.42. The van der Waals surface area contributed by atoms with Gasteiger partial charge in [-0.25, -0.2) is 4.98 Å². The highest BCUT2D eigenvalue weighted by Gasteiger charge is 2.14. The molecule has 4 nitrogen and oxygen atoms in total. The van der Waals surface area contributed by atoms with Gasteiger partial charge in [-0.2, -0.15) is 0 Å². The molecule has 0 unspecified atom stereocenters. The van der Waals surface area contributed by atoms with Crippen LogP contribution in [0.25, 0.3) is 0 Å². The zero-order valence-corrected chi connectivity index (χ0v) is 16.6. The van der Waals surface area contributed by atoms with Crippen molar-refractivity contribution in [2.45, 2.75) is 13.1 Å². The monoisotopic (exact) mass is 398 g/mol. The van der Waals surface area contributed by atoms with Gasteiger partial charge in [0, 0.05) is 35.0 Å². The molecule has 2 N–H and O–H groups in total. The molecule has 6 heteroatoms. The van der Waals surface area contributed by atoms with Gasteiger partial charge < -0.3 is 15.0 Å². The largest absolute Gasteiger partial charge is 0.497 e. The van der Waals surface area contributed by atoms with Crippen molar-refractivity contribution in [3.63, 3.8) is 0 Å². The molecular formula is C21H21ClN3OS+. The van der Waals surface area contributed by atoms with E-state index in [0.29, 0.717) is 18.2 Å². The van der Waals surface area contributed by atoms with E-state index >= 15 is 0 Å². The number of nitrogens with one attached hydrogen (secondary N) is 2. The predicted molar refractivity (Wildman–Crippen MR) is 113 cm³/mol. The summed E-state index contributed by atoms with van der Waals surface area (Å²) in [7, 11) is 1.65. The van der Waals surface area contributed by atoms with Crippen LogP contribution in [0.15, 0.2) is 73.1 Å².